The van der Waals surface area contributed by atoms with Crippen LogP contribution in [0.4, 0.5) is 0 Å². The maximum Gasteiger partial charge on any atom is 0.241 e. The molecule has 18 heavy (non-hydrogen) atoms. The molecule has 0 aromatic heterocycles. The summed E-state index contributed by atoms with van der Waals surface area (Å²) in [6, 6.07) is 0.421. The Bertz CT molecular complexity index is 307. The van der Waals surface area contributed by atoms with Crippen LogP contribution in [0.3, 0.4) is 0 Å². The Balaban J connectivity index is 2.06. The number of carbonyl (C=O) groups is 1. The standard InChI is InChI=1S/C14H27N3O/c1-5-10(2)13-14(18)17(11(3)15-13)12-7-6-8-16(4)9-12/h10-13,15H,5-9H2,1-4H3. The van der Waals surface area contributed by atoms with Gasteiger partial charge in [0.1, 0.15) is 0 Å². The summed E-state index contributed by atoms with van der Waals surface area (Å²) in [7, 11) is 2.15. The van der Waals surface area contributed by atoms with E-state index < -0.39 is 0 Å². The lowest BCUT2D eigenvalue weighted by Crippen LogP contribution is -2.50. The average molecular weight is 253 g/mol. The molecule has 0 aromatic rings. The quantitative estimate of drug-likeness (QED) is 0.823. The highest BCUT2D eigenvalue weighted by molar-refractivity contribution is 5.85. The minimum Gasteiger partial charge on any atom is -0.322 e. The molecule has 4 unspecified atom stereocenters. The van der Waals surface area contributed by atoms with E-state index in [1.807, 2.05) is 0 Å². The van der Waals surface area contributed by atoms with E-state index >= 15 is 0 Å². The Morgan fingerprint density at radius 2 is 2.22 bits per heavy atom. The van der Waals surface area contributed by atoms with Crippen molar-refractivity contribution in [2.45, 2.75) is 58.3 Å². The highest BCUT2D eigenvalue weighted by atomic mass is 16.2. The molecule has 4 atom stereocenters. The van der Waals surface area contributed by atoms with Crippen LogP contribution >= 0.6 is 0 Å². The van der Waals surface area contributed by atoms with Gasteiger partial charge in [0, 0.05) is 12.6 Å². The predicted molar refractivity (Wildman–Crippen MR) is 73.2 cm³/mol. The normalized spacial score (nSPS) is 36.1. The first-order chi connectivity index (χ1) is 8.54. The summed E-state index contributed by atoms with van der Waals surface area (Å²) >= 11 is 0. The zero-order valence-corrected chi connectivity index (χ0v) is 12.1. The molecular formula is C14H27N3O. The van der Waals surface area contributed by atoms with Gasteiger partial charge in [-0.1, -0.05) is 20.3 Å². The fourth-order valence-electron chi connectivity index (χ4n) is 3.27. The van der Waals surface area contributed by atoms with Gasteiger partial charge >= 0.3 is 0 Å². The number of amides is 1. The van der Waals surface area contributed by atoms with Crippen LogP contribution in [-0.4, -0.2) is 54.1 Å². The van der Waals surface area contributed by atoms with Gasteiger partial charge in [0.15, 0.2) is 0 Å². The number of hydrogen-bond acceptors (Lipinski definition) is 3. The van der Waals surface area contributed by atoms with Gasteiger partial charge in [-0.15, -0.1) is 0 Å². The Morgan fingerprint density at radius 1 is 1.50 bits per heavy atom. The smallest absolute Gasteiger partial charge is 0.241 e. The molecular weight excluding hydrogens is 226 g/mol. The van der Waals surface area contributed by atoms with Crippen LogP contribution in [0.15, 0.2) is 0 Å². The SMILES string of the molecule is CCC(C)C1NC(C)N(C2CCCN(C)C2)C1=O. The third-order valence-corrected chi connectivity index (χ3v) is 4.56. The summed E-state index contributed by atoms with van der Waals surface area (Å²) in [5.74, 6) is 0.739. The molecule has 4 heteroatoms. The molecule has 2 saturated heterocycles. The van der Waals surface area contributed by atoms with E-state index in [0.29, 0.717) is 17.9 Å². The molecule has 2 rings (SSSR count). The first kappa shape index (κ1) is 13.8. The molecule has 1 amide bonds. The molecule has 0 aromatic carbocycles. The van der Waals surface area contributed by atoms with Crippen LogP contribution in [0.25, 0.3) is 0 Å². The Labute approximate surface area is 111 Å². The second-order valence-electron chi connectivity index (χ2n) is 6.01. The third kappa shape index (κ3) is 2.54. The topological polar surface area (TPSA) is 35.6 Å². The number of carbonyl (C=O) groups excluding carboxylic acids is 1. The van der Waals surface area contributed by atoms with Crippen LogP contribution in [0.1, 0.15) is 40.0 Å². The summed E-state index contributed by atoms with van der Waals surface area (Å²) in [5.41, 5.74) is 0. The number of rotatable bonds is 3. The fraction of sp³-hybridized carbons (Fsp3) is 0.929. The van der Waals surface area contributed by atoms with Crippen molar-refractivity contribution in [3.63, 3.8) is 0 Å². The van der Waals surface area contributed by atoms with Gasteiger partial charge in [-0.2, -0.15) is 0 Å². The van der Waals surface area contributed by atoms with Crippen molar-refractivity contribution in [2.75, 3.05) is 20.1 Å². The Hall–Kier alpha value is -0.610. The molecule has 0 spiro atoms. The van der Waals surface area contributed by atoms with Gasteiger partial charge in [-0.3, -0.25) is 10.1 Å². The molecule has 2 aliphatic heterocycles. The van der Waals surface area contributed by atoms with Gasteiger partial charge in [0.05, 0.1) is 12.2 Å². The van der Waals surface area contributed by atoms with Crippen LogP contribution in [0, 0.1) is 5.92 Å². The van der Waals surface area contributed by atoms with E-state index in [1.54, 1.807) is 0 Å². The number of nitrogens with one attached hydrogen (secondary N) is 1. The number of likely N-dealkylation sites (tertiary alicyclic amines) is 1. The van der Waals surface area contributed by atoms with Crippen molar-refractivity contribution in [1.82, 2.24) is 15.1 Å². The first-order valence-electron chi connectivity index (χ1n) is 7.31. The van der Waals surface area contributed by atoms with Crippen molar-refractivity contribution in [3.8, 4) is 0 Å². The molecule has 0 saturated carbocycles. The van der Waals surface area contributed by atoms with E-state index in [0.717, 1.165) is 25.9 Å². The van der Waals surface area contributed by atoms with Crippen molar-refractivity contribution in [1.29, 1.82) is 0 Å². The summed E-state index contributed by atoms with van der Waals surface area (Å²) in [6.45, 7) is 8.62. The molecule has 104 valence electrons. The minimum atomic E-state index is 0.0252. The zero-order chi connectivity index (χ0) is 13.3. The summed E-state index contributed by atoms with van der Waals surface area (Å²) in [5, 5.41) is 3.47. The van der Waals surface area contributed by atoms with E-state index in [1.165, 1.54) is 6.42 Å². The highest BCUT2D eigenvalue weighted by Crippen LogP contribution is 2.25. The Morgan fingerprint density at radius 3 is 2.83 bits per heavy atom. The lowest BCUT2D eigenvalue weighted by Gasteiger charge is -2.37. The average Bonchev–Trinajstić information content (AvgIpc) is 2.64. The Kier molecular flexibility index (Phi) is 4.28. The fourth-order valence-corrected chi connectivity index (χ4v) is 3.27. The summed E-state index contributed by atoms with van der Waals surface area (Å²) in [6.07, 6.45) is 3.59. The second-order valence-corrected chi connectivity index (χ2v) is 6.01. The highest BCUT2D eigenvalue weighted by Gasteiger charge is 2.42. The van der Waals surface area contributed by atoms with Crippen molar-refractivity contribution in [2.24, 2.45) is 5.92 Å². The predicted octanol–water partition coefficient (Wildman–Crippen LogP) is 1.27. The van der Waals surface area contributed by atoms with Gasteiger partial charge in [0.2, 0.25) is 5.91 Å². The maximum absolute atomic E-state index is 12.6. The maximum atomic E-state index is 12.6. The van der Waals surface area contributed by atoms with E-state index in [-0.39, 0.29) is 12.2 Å². The molecule has 0 bridgehead atoms. The molecule has 0 radical (unpaired) electrons. The van der Waals surface area contributed by atoms with Gasteiger partial charge in [-0.05, 0) is 39.3 Å². The second kappa shape index (κ2) is 5.57. The number of piperidine rings is 1. The lowest BCUT2D eigenvalue weighted by molar-refractivity contribution is -0.133. The molecule has 0 aliphatic carbocycles. The minimum absolute atomic E-state index is 0.0252. The van der Waals surface area contributed by atoms with Crippen LogP contribution in [0.5, 0.6) is 0 Å². The van der Waals surface area contributed by atoms with E-state index in [9.17, 15) is 4.79 Å². The molecule has 2 aliphatic rings. The van der Waals surface area contributed by atoms with E-state index in [2.05, 4.69) is 42.9 Å². The molecule has 4 nitrogen and oxygen atoms in total. The van der Waals surface area contributed by atoms with Crippen LogP contribution in [-0.2, 0) is 4.79 Å². The molecule has 2 heterocycles. The van der Waals surface area contributed by atoms with E-state index in [4.69, 9.17) is 0 Å². The van der Waals surface area contributed by atoms with Gasteiger partial charge in [0.25, 0.3) is 0 Å². The summed E-state index contributed by atoms with van der Waals surface area (Å²) < 4.78 is 0. The zero-order valence-electron chi connectivity index (χ0n) is 12.1. The largest absolute Gasteiger partial charge is 0.322 e. The molecule has 1 N–H and O–H groups in total. The number of hydrogen-bond donors (Lipinski definition) is 1. The first-order valence-corrected chi connectivity index (χ1v) is 7.31. The number of likely N-dealkylation sites (N-methyl/N-ethyl adjacent to an activating group) is 1. The van der Waals surface area contributed by atoms with Gasteiger partial charge < -0.3 is 9.80 Å². The monoisotopic (exact) mass is 253 g/mol. The van der Waals surface area contributed by atoms with Crippen LogP contribution < -0.4 is 5.32 Å². The van der Waals surface area contributed by atoms with Gasteiger partial charge in [-0.25, -0.2) is 0 Å². The van der Waals surface area contributed by atoms with Crippen LogP contribution in [0.2, 0.25) is 0 Å². The van der Waals surface area contributed by atoms with Crippen molar-refractivity contribution >= 4 is 5.91 Å². The molecule has 2 fully saturated rings. The third-order valence-electron chi connectivity index (χ3n) is 4.56. The number of nitrogens with zero attached hydrogens (tertiary/aromatic N) is 2. The van der Waals surface area contributed by atoms with Crippen molar-refractivity contribution < 1.29 is 4.79 Å². The van der Waals surface area contributed by atoms with Crippen molar-refractivity contribution in [3.05, 3.63) is 0 Å². The lowest BCUT2D eigenvalue weighted by atomic mass is 9.98. The summed E-state index contributed by atoms with van der Waals surface area (Å²) in [4.78, 5) is 17.0.